The number of hydrogen-bond acceptors (Lipinski definition) is 4. The molecule has 8 heteroatoms. The number of benzene rings is 1. The van der Waals surface area contributed by atoms with Crippen LogP contribution in [-0.4, -0.2) is 56.1 Å². The quantitative estimate of drug-likeness (QED) is 0.587. The fourth-order valence-electron chi connectivity index (χ4n) is 2.88. The van der Waals surface area contributed by atoms with Crippen LogP contribution in [0.25, 0.3) is 0 Å². The Hall–Kier alpha value is -2.06. The van der Waals surface area contributed by atoms with Gasteiger partial charge in [-0.3, -0.25) is 19.3 Å². The minimum absolute atomic E-state index is 0.00921. The molecule has 7 nitrogen and oxygen atoms in total. The van der Waals surface area contributed by atoms with Crippen molar-refractivity contribution in [3.8, 4) is 0 Å². The molecule has 2 fully saturated rings. The second kappa shape index (κ2) is 5.54. The standard InChI is InChI=1S/C15H16N2O5S/c1-15(14(20)21)7-17-12(19)10(13(17)23(22)8-15)16-11(18)9-5-3-2-4-6-9/h2-6,10,13H,7-8H2,1H3,(H,16,18)(H,20,21)/t10?,13-,15?,23?/m1/s1. The van der Waals surface area contributed by atoms with E-state index in [1.807, 2.05) is 0 Å². The maximum Gasteiger partial charge on any atom is 0.315 e. The number of amides is 2. The molecule has 1 aromatic rings. The lowest BCUT2D eigenvalue weighted by molar-refractivity contribution is -0.157. The minimum atomic E-state index is -1.53. The first kappa shape index (κ1) is 15.8. The van der Waals surface area contributed by atoms with E-state index < -0.39 is 39.9 Å². The number of fused-ring (bicyclic) bond motifs is 1. The lowest BCUT2D eigenvalue weighted by Crippen LogP contribution is -2.78. The summed E-state index contributed by atoms with van der Waals surface area (Å²) in [5, 5.41) is 11.2. The average Bonchev–Trinajstić information content (AvgIpc) is 2.53. The van der Waals surface area contributed by atoms with E-state index in [-0.39, 0.29) is 18.2 Å². The third-order valence-corrected chi connectivity index (χ3v) is 6.22. The number of carboxylic acid groups (broad SMARTS) is 1. The molecule has 2 saturated heterocycles. The molecule has 2 aliphatic heterocycles. The summed E-state index contributed by atoms with van der Waals surface area (Å²) in [7, 11) is 0. The van der Waals surface area contributed by atoms with Crippen LogP contribution in [0.15, 0.2) is 30.3 Å². The van der Waals surface area contributed by atoms with E-state index >= 15 is 0 Å². The van der Waals surface area contributed by atoms with Gasteiger partial charge in [-0.1, -0.05) is 18.2 Å². The van der Waals surface area contributed by atoms with Crippen LogP contribution >= 0.6 is 0 Å². The largest absolute Gasteiger partial charge is 0.615 e. The zero-order valence-electron chi connectivity index (χ0n) is 12.4. The fourth-order valence-corrected chi connectivity index (χ4v) is 4.85. The Balaban J connectivity index is 1.72. The van der Waals surface area contributed by atoms with E-state index in [2.05, 4.69) is 5.32 Å². The zero-order chi connectivity index (χ0) is 16.8. The van der Waals surface area contributed by atoms with Crippen molar-refractivity contribution in [1.82, 2.24) is 10.2 Å². The number of β-lactam (4-membered cyclic amide) rings is 1. The van der Waals surface area contributed by atoms with Crippen molar-refractivity contribution in [1.29, 1.82) is 0 Å². The molecule has 2 aliphatic rings. The van der Waals surface area contributed by atoms with Crippen LogP contribution in [0.2, 0.25) is 0 Å². The number of carboxylic acids is 1. The van der Waals surface area contributed by atoms with Gasteiger partial charge in [0.1, 0.15) is 11.2 Å². The number of nitrogens with one attached hydrogen (secondary N) is 1. The summed E-state index contributed by atoms with van der Waals surface area (Å²) in [6.07, 6.45) is 0. The first-order valence-electron chi connectivity index (χ1n) is 7.10. The third-order valence-electron chi connectivity index (χ3n) is 4.23. The van der Waals surface area contributed by atoms with Gasteiger partial charge in [-0.2, -0.15) is 0 Å². The van der Waals surface area contributed by atoms with Gasteiger partial charge >= 0.3 is 5.97 Å². The van der Waals surface area contributed by atoms with Gasteiger partial charge < -0.3 is 15.0 Å². The maximum atomic E-state index is 12.4. The zero-order valence-corrected chi connectivity index (χ0v) is 13.2. The Labute approximate surface area is 135 Å². The molecule has 3 unspecified atom stereocenters. The summed E-state index contributed by atoms with van der Waals surface area (Å²) in [4.78, 5) is 36.9. The molecule has 122 valence electrons. The van der Waals surface area contributed by atoms with Crippen LogP contribution in [-0.2, 0) is 20.8 Å². The predicted octanol–water partition coefficient (Wildman–Crippen LogP) is -0.194. The molecule has 23 heavy (non-hydrogen) atoms. The van der Waals surface area contributed by atoms with Crippen LogP contribution in [0.1, 0.15) is 17.3 Å². The molecule has 2 N–H and O–H groups in total. The Morgan fingerprint density at radius 2 is 2.04 bits per heavy atom. The number of aliphatic carboxylic acids is 1. The molecule has 0 aromatic heterocycles. The van der Waals surface area contributed by atoms with Crippen molar-refractivity contribution in [2.75, 3.05) is 12.3 Å². The van der Waals surface area contributed by atoms with Gasteiger partial charge in [0.2, 0.25) is 5.37 Å². The topological polar surface area (TPSA) is 110 Å². The number of carbonyl (C=O) groups excluding carboxylic acids is 2. The van der Waals surface area contributed by atoms with Gasteiger partial charge in [0.25, 0.3) is 11.8 Å². The van der Waals surface area contributed by atoms with Gasteiger partial charge in [0.15, 0.2) is 6.04 Å². The van der Waals surface area contributed by atoms with Crippen molar-refractivity contribution in [2.24, 2.45) is 5.41 Å². The molecule has 1 aromatic carbocycles. The van der Waals surface area contributed by atoms with Crippen molar-refractivity contribution in [2.45, 2.75) is 18.3 Å². The molecule has 4 atom stereocenters. The Morgan fingerprint density at radius 1 is 1.39 bits per heavy atom. The van der Waals surface area contributed by atoms with E-state index in [9.17, 15) is 24.0 Å². The summed E-state index contributed by atoms with van der Waals surface area (Å²) >= 11 is -1.53. The van der Waals surface area contributed by atoms with Gasteiger partial charge in [-0.15, -0.1) is 0 Å². The van der Waals surface area contributed by atoms with Crippen LogP contribution < -0.4 is 5.32 Å². The molecular weight excluding hydrogens is 320 g/mol. The van der Waals surface area contributed by atoms with Crippen molar-refractivity contribution in [3.05, 3.63) is 35.9 Å². The average molecular weight is 336 g/mol. The molecular formula is C15H16N2O5S. The monoisotopic (exact) mass is 336 g/mol. The van der Waals surface area contributed by atoms with Gasteiger partial charge in [-0.25, -0.2) is 0 Å². The van der Waals surface area contributed by atoms with Gasteiger partial charge in [0, 0.05) is 12.1 Å². The van der Waals surface area contributed by atoms with Crippen molar-refractivity contribution in [3.63, 3.8) is 0 Å². The van der Waals surface area contributed by atoms with Crippen LogP contribution in [0.5, 0.6) is 0 Å². The molecule has 2 heterocycles. The van der Waals surface area contributed by atoms with Crippen molar-refractivity contribution < 1.29 is 24.0 Å². The fraction of sp³-hybridized carbons (Fsp3) is 0.400. The molecule has 0 aliphatic carbocycles. The van der Waals surface area contributed by atoms with E-state index in [1.165, 1.54) is 11.8 Å². The maximum absolute atomic E-state index is 12.4. The van der Waals surface area contributed by atoms with Crippen LogP contribution in [0.4, 0.5) is 0 Å². The molecule has 0 radical (unpaired) electrons. The highest BCUT2D eigenvalue weighted by Gasteiger charge is 2.62. The first-order valence-corrected chi connectivity index (χ1v) is 8.49. The Bertz CT molecular complexity index is 667. The van der Waals surface area contributed by atoms with Crippen molar-refractivity contribution >= 4 is 29.0 Å². The smallest absolute Gasteiger partial charge is 0.315 e. The number of hydrogen-bond donors (Lipinski definition) is 2. The summed E-state index contributed by atoms with van der Waals surface area (Å²) in [5.74, 6) is -1.91. The number of rotatable bonds is 3. The molecule has 2 amide bonds. The summed E-state index contributed by atoms with van der Waals surface area (Å²) in [6.45, 7) is 1.49. The first-order chi connectivity index (χ1) is 10.8. The van der Waals surface area contributed by atoms with Crippen LogP contribution in [0, 0.1) is 5.41 Å². The Kier molecular flexibility index (Phi) is 3.81. The highest BCUT2D eigenvalue weighted by Crippen LogP contribution is 2.38. The van der Waals surface area contributed by atoms with E-state index in [0.29, 0.717) is 5.56 Å². The lowest BCUT2D eigenvalue weighted by atomic mass is 9.89. The summed E-state index contributed by atoms with van der Waals surface area (Å²) in [6, 6.07) is 7.57. The van der Waals surface area contributed by atoms with E-state index in [0.717, 1.165) is 0 Å². The molecule has 0 saturated carbocycles. The summed E-state index contributed by atoms with van der Waals surface area (Å²) in [5.41, 5.74) is -0.804. The number of nitrogens with zero attached hydrogens (tertiary/aromatic N) is 1. The van der Waals surface area contributed by atoms with Crippen LogP contribution in [0.3, 0.4) is 0 Å². The summed E-state index contributed by atoms with van der Waals surface area (Å²) < 4.78 is 12.4. The normalized spacial score (nSPS) is 32.7. The molecule has 0 bridgehead atoms. The second-order valence-corrected chi connectivity index (χ2v) is 7.60. The Morgan fingerprint density at radius 3 is 2.65 bits per heavy atom. The molecule has 0 spiro atoms. The minimum Gasteiger partial charge on any atom is -0.615 e. The second-order valence-electron chi connectivity index (χ2n) is 6.06. The highest BCUT2D eigenvalue weighted by atomic mass is 32.2. The van der Waals surface area contributed by atoms with E-state index in [4.69, 9.17) is 0 Å². The van der Waals surface area contributed by atoms with E-state index in [1.54, 1.807) is 30.3 Å². The van der Waals surface area contributed by atoms with Gasteiger partial charge in [-0.05, 0) is 30.2 Å². The third kappa shape index (κ3) is 2.57. The number of carbonyl (C=O) groups is 3. The highest BCUT2D eigenvalue weighted by molar-refractivity contribution is 7.92. The molecule has 3 rings (SSSR count). The van der Waals surface area contributed by atoms with Gasteiger partial charge in [0.05, 0.1) is 0 Å². The lowest BCUT2D eigenvalue weighted by Gasteiger charge is -2.52. The SMILES string of the molecule is CC1(C(=O)O)CN2C(=O)C(NC(=O)c3ccccc3)[C@H]2[S+]([O-])C1. The predicted molar refractivity (Wildman–Crippen MR) is 81.9 cm³/mol.